The number of hydrogen-bond acceptors (Lipinski definition) is 2. The fraction of sp³-hybridized carbons (Fsp3) is 0.364. The minimum absolute atomic E-state index is 0.194. The number of carbonyl (C=O) groups is 1. The van der Waals surface area contributed by atoms with E-state index in [1.54, 1.807) is 18.2 Å². The molecule has 136 valence electrons. The number of amides is 1. The topological polar surface area (TPSA) is 42.0 Å². The lowest BCUT2D eigenvalue weighted by molar-refractivity contribution is 0.0936. The zero-order valence-electron chi connectivity index (χ0n) is 15.2. The van der Waals surface area contributed by atoms with Gasteiger partial charge in [0.1, 0.15) is 11.5 Å². The highest BCUT2D eigenvalue weighted by Crippen LogP contribution is 2.41. The van der Waals surface area contributed by atoms with Crippen LogP contribution < -0.4 is 5.32 Å². The van der Waals surface area contributed by atoms with Crippen molar-refractivity contribution in [3.63, 3.8) is 0 Å². The number of aromatic nitrogens is 1. The number of pyridine rings is 1. The molecule has 1 saturated carbocycles. The van der Waals surface area contributed by atoms with E-state index in [0.29, 0.717) is 24.5 Å². The Morgan fingerprint density at radius 2 is 1.92 bits per heavy atom. The van der Waals surface area contributed by atoms with Gasteiger partial charge in [0.05, 0.1) is 0 Å². The van der Waals surface area contributed by atoms with E-state index in [-0.39, 0.29) is 23.7 Å². The van der Waals surface area contributed by atoms with Gasteiger partial charge < -0.3 is 5.32 Å². The zero-order valence-corrected chi connectivity index (χ0v) is 15.2. The van der Waals surface area contributed by atoms with E-state index in [1.807, 2.05) is 13.0 Å². The fourth-order valence-corrected chi connectivity index (χ4v) is 3.15. The van der Waals surface area contributed by atoms with E-state index in [9.17, 15) is 9.18 Å². The maximum Gasteiger partial charge on any atom is 0.270 e. The number of halogens is 1. The van der Waals surface area contributed by atoms with Crippen molar-refractivity contribution in [2.75, 3.05) is 0 Å². The first-order chi connectivity index (χ1) is 12.4. The van der Waals surface area contributed by atoms with Crippen LogP contribution >= 0.6 is 0 Å². The minimum atomic E-state index is -0.251. The van der Waals surface area contributed by atoms with Gasteiger partial charge in [-0.05, 0) is 67.3 Å². The monoisotopic (exact) mass is 352 g/mol. The largest absolute Gasteiger partial charge is 0.348 e. The summed E-state index contributed by atoms with van der Waals surface area (Å²) in [5.74, 6) is 0.284. The first kappa shape index (κ1) is 18.6. The molecule has 1 fully saturated rings. The van der Waals surface area contributed by atoms with Gasteiger partial charge in [-0.25, -0.2) is 9.37 Å². The predicted octanol–water partition coefficient (Wildman–Crippen LogP) is 4.48. The normalized spacial score (nSPS) is 15.1. The summed E-state index contributed by atoms with van der Waals surface area (Å²) in [7, 11) is 0. The van der Waals surface area contributed by atoms with Crippen molar-refractivity contribution in [2.45, 2.75) is 44.6 Å². The van der Waals surface area contributed by atoms with E-state index >= 15 is 0 Å². The molecule has 1 amide bonds. The Kier molecular flexibility index (Phi) is 5.70. The molecule has 26 heavy (non-hydrogen) atoms. The highest BCUT2D eigenvalue weighted by Gasteiger charge is 2.27. The molecule has 1 aliphatic carbocycles. The van der Waals surface area contributed by atoms with Crippen LogP contribution in [0.3, 0.4) is 0 Å². The number of nitrogens with zero attached hydrogens (tertiary/aromatic N) is 1. The number of rotatable bonds is 7. The summed E-state index contributed by atoms with van der Waals surface area (Å²) in [4.78, 5) is 17.1. The van der Waals surface area contributed by atoms with Crippen molar-refractivity contribution < 1.29 is 9.18 Å². The van der Waals surface area contributed by atoms with Crippen LogP contribution in [0.4, 0.5) is 4.39 Å². The Bertz CT molecular complexity index is 766. The number of hydrogen-bond donors (Lipinski definition) is 1. The van der Waals surface area contributed by atoms with Crippen LogP contribution in [0.5, 0.6) is 0 Å². The van der Waals surface area contributed by atoms with Crippen LogP contribution in [0.15, 0.2) is 36.4 Å². The van der Waals surface area contributed by atoms with Crippen LogP contribution in [0, 0.1) is 25.6 Å². The predicted molar refractivity (Wildman–Crippen MR) is 101 cm³/mol. The molecule has 2 aromatic rings. The molecule has 3 rings (SSSR count). The summed E-state index contributed by atoms with van der Waals surface area (Å²) in [6.07, 6.45) is 3.63. The maximum atomic E-state index is 13.1. The van der Waals surface area contributed by atoms with Gasteiger partial charge in [-0.3, -0.25) is 4.79 Å². The Hall–Kier alpha value is -2.23. The first-order valence-corrected chi connectivity index (χ1v) is 9.13. The molecule has 1 aromatic heterocycles. The molecule has 1 aromatic carbocycles. The molecule has 1 unspecified atom stereocenters. The van der Waals surface area contributed by atoms with Crippen LogP contribution in [0.25, 0.3) is 0 Å². The second-order valence-corrected chi connectivity index (χ2v) is 7.32. The summed E-state index contributed by atoms with van der Waals surface area (Å²) in [6.45, 7) is 9.89. The summed E-state index contributed by atoms with van der Waals surface area (Å²) >= 11 is 0. The van der Waals surface area contributed by atoms with Gasteiger partial charge >= 0.3 is 0 Å². The third kappa shape index (κ3) is 4.90. The molecule has 1 N–H and O–H groups in total. The lowest BCUT2D eigenvalue weighted by atomic mass is 10.0. The van der Waals surface area contributed by atoms with Crippen LogP contribution in [0.1, 0.15) is 59.4 Å². The van der Waals surface area contributed by atoms with E-state index in [2.05, 4.69) is 24.1 Å². The number of nitrogens with one attached hydrogen (secondary N) is 1. The molecule has 0 aliphatic heterocycles. The Balaban J connectivity index is 1.79. The van der Waals surface area contributed by atoms with Crippen molar-refractivity contribution >= 4 is 5.91 Å². The van der Waals surface area contributed by atoms with Gasteiger partial charge in [-0.1, -0.05) is 32.0 Å². The zero-order chi connectivity index (χ0) is 18.7. The van der Waals surface area contributed by atoms with Crippen LogP contribution in [-0.4, -0.2) is 16.9 Å². The Labute approximate surface area is 155 Å². The average molecular weight is 352 g/mol. The summed E-state index contributed by atoms with van der Waals surface area (Å²) in [5, 5.41) is 2.89. The second-order valence-electron chi connectivity index (χ2n) is 7.32. The molecule has 2 radical (unpaired) electrons. The van der Waals surface area contributed by atoms with Crippen molar-refractivity contribution in [3.8, 4) is 0 Å². The van der Waals surface area contributed by atoms with Crippen LogP contribution in [-0.2, 0) is 6.42 Å². The van der Waals surface area contributed by atoms with E-state index in [4.69, 9.17) is 0 Å². The molecule has 1 heterocycles. The first-order valence-electron chi connectivity index (χ1n) is 9.13. The highest BCUT2D eigenvalue weighted by atomic mass is 19.1. The summed E-state index contributed by atoms with van der Waals surface area (Å²) < 4.78 is 13.1. The van der Waals surface area contributed by atoms with Gasteiger partial charge in [0.15, 0.2) is 0 Å². The molecular formula is C22H25FN2O. The molecule has 0 bridgehead atoms. The molecular weight excluding hydrogens is 327 g/mol. The molecule has 4 heteroatoms. The van der Waals surface area contributed by atoms with E-state index in [0.717, 1.165) is 24.1 Å². The van der Waals surface area contributed by atoms with E-state index < -0.39 is 0 Å². The van der Waals surface area contributed by atoms with Gasteiger partial charge in [-0.15, -0.1) is 0 Å². The van der Waals surface area contributed by atoms with Crippen LogP contribution in [0.2, 0.25) is 0 Å². The number of carbonyl (C=O) groups excluding carboxylic acids is 1. The molecule has 0 spiro atoms. The Morgan fingerprint density at radius 1 is 1.23 bits per heavy atom. The van der Waals surface area contributed by atoms with Crippen molar-refractivity contribution in [1.82, 2.24) is 10.3 Å². The average Bonchev–Trinajstić information content (AvgIpc) is 3.41. The van der Waals surface area contributed by atoms with Gasteiger partial charge in [0.2, 0.25) is 0 Å². The van der Waals surface area contributed by atoms with Gasteiger partial charge in [-0.2, -0.15) is 0 Å². The molecule has 0 saturated heterocycles. The quantitative estimate of drug-likeness (QED) is 0.798. The third-order valence-electron chi connectivity index (χ3n) is 4.57. The van der Waals surface area contributed by atoms with Crippen molar-refractivity contribution in [1.29, 1.82) is 0 Å². The third-order valence-corrected chi connectivity index (χ3v) is 4.57. The minimum Gasteiger partial charge on any atom is -0.348 e. The second kappa shape index (κ2) is 7.98. The Morgan fingerprint density at radius 3 is 2.54 bits per heavy atom. The maximum absolute atomic E-state index is 13.1. The lowest BCUT2D eigenvalue weighted by Crippen LogP contribution is -2.34. The molecule has 2 atom stereocenters. The van der Waals surface area contributed by atoms with E-state index in [1.165, 1.54) is 17.7 Å². The van der Waals surface area contributed by atoms with Crippen molar-refractivity contribution in [2.24, 2.45) is 5.92 Å². The standard InChI is InChI=1S/C22H25FN2O/c1-14(2)12-15(3)24-22(26)20-11-10-19(17-6-7-17)21(25-20)13-16-4-8-18(23)9-5-16/h4-5,8-11,14-15,17H,1,3,6-7,12-13H2,2H3,(H,24,26)/t14?,15-/m0/s1. The fourth-order valence-electron chi connectivity index (χ4n) is 3.15. The highest BCUT2D eigenvalue weighted by molar-refractivity contribution is 5.92. The lowest BCUT2D eigenvalue weighted by Gasteiger charge is -2.16. The molecule has 3 nitrogen and oxygen atoms in total. The summed E-state index contributed by atoms with van der Waals surface area (Å²) in [5.41, 5.74) is 3.48. The summed E-state index contributed by atoms with van der Waals surface area (Å²) in [6, 6.07) is 10.1. The SMILES string of the molecule is [CH2]C(C)C[C@H]([CH2])NC(=O)c1ccc(C2CC2)c(Cc2ccc(F)cc2)n1. The van der Waals surface area contributed by atoms with Gasteiger partial charge in [0.25, 0.3) is 5.91 Å². The smallest absolute Gasteiger partial charge is 0.270 e. The van der Waals surface area contributed by atoms with Crippen molar-refractivity contribution in [3.05, 3.63) is 78.6 Å². The van der Waals surface area contributed by atoms with Gasteiger partial charge in [0, 0.05) is 18.2 Å². The number of benzene rings is 1. The molecule has 1 aliphatic rings.